The van der Waals surface area contributed by atoms with Crippen molar-refractivity contribution in [2.75, 3.05) is 27.4 Å². The van der Waals surface area contributed by atoms with Crippen molar-refractivity contribution in [2.24, 2.45) is 5.92 Å². The zero-order valence-electron chi connectivity index (χ0n) is 10.2. The molecule has 0 saturated carbocycles. The van der Waals surface area contributed by atoms with Crippen LogP contribution in [-0.4, -0.2) is 39.4 Å². The second-order valence-corrected chi connectivity index (χ2v) is 3.71. The highest BCUT2D eigenvalue weighted by atomic mass is 16.5. The molecule has 0 spiro atoms. The molecule has 1 N–H and O–H groups in total. The molecule has 0 aromatic rings. The molecule has 4 nitrogen and oxygen atoms in total. The number of hydrogen-bond donors (Lipinski definition) is 1. The number of nitrogens with one attached hydrogen (secondary N) is 1. The lowest BCUT2D eigenvalue weighted by Crippen LogP contribution is -2.44. The van der Waals surface area contributed by atoms with Crippen LogP contribution >= 0.6 is 0 Å². The van der Waals surface area contributed by atoms with E-state index in [0.29, 0.717) is 19.1 Å². The van der Waals surface area contributed by atoms with Gasteiger partial charge in [0.05, 0.1) is 13.7 Å². The quantitative estimate of drug-likeness (QED) is 0.490. The van der Waals surface area contributed by atoms with Gasteiger partial charge in [0.15, 0.2) is 0 Å². The Morgan fingerprint density at radius 2 is 2.07 bits per heavy atom. The molecule has 2 atom stereocenters. The number of hydrogen-bond acceptors (Lipinski definition) is 4. The highest BCUT2D eigenvalue weighted by Gasteiger charge is 2.24. The largest absolute Gasteiger partial charge is 0.468 e. The van der Waals surface area contributed by atoms with E-state index in [1.54, 1.807) is 7.11 Å². The van der Waals surface area contributed by atoms with Crippen LogP contribution in [0.1, 0.15) is 26.7 Å². The third-order valence-corrected chi connectivity index (χ3v) is 2.44. The average molecular weight is 217 g/mol. The molecule has 0 fully saturated rings. The number of carbonyl (C=O) groups is 1. The minimum atomic E-state index is -0.218. The normalized spacial score (nSPS) is 14.7. The Labute approximate surface area is 92.3 Å². The Morgan fingerprint density at radius 1 is 1.40 bits per heavy atom. The van der Waals surface area contributed by atoms with E-state index in [9.17, 15) is 4.79 Å². The van der Waals surface area contributed by atoms with Gasteiger partial charge in [0, 0.05) is 13.7 Å². The number of ether oxygens (including phenoxy) is 2. The molecule has 0 saturated heterocycles. The topological polar surface area (TPSA) is 47.6 Å². The van der Waals surface area contributed by atoms with Crippen molar-refractivity contribution in [2.45, 2.75) is 32.7 Å². The lowest BCUT2D eigenvalue weighted by molar-refractivity contribution is -0.144. The summed E-state index contributed by atoms with van der Waals surface area (Å²) < 4.78 is 9.70. The van der Waals surface area contributed by atoms with Crippen molar-refractivity contribution in [1.82, 2.24) is 5.32 Å². The summed E-state index contributed by atoms with van der Waals surface area (Å²) in [5, 5.41) is 3.16. The molecule has 0 heterocycles. The smallest absolute Gasteiger partial charge is 0.323 e. The molecule has 0 amide bonds. The van der Waals surface area contributed by atoms with Crippen LogP contribution in [0.5, 0.6) is 0 Å². The number of methoxy groups -OCH3 is 2. The third kappa shape index (κ3) is 5.74. The van der Waals surface area contributed by atoms with Crippen LogP contribution in [0.2, 0.25) is 0 Å². The molecular formula is C11H23NO3. The summed E-state index contributed by atoms with van der Waals surface area (Å²) in [4.78, 5) is 11.5. The van der Waals surface area contributed by atoms with Crippen LogP contribution in [0.3, 0.4) is 0 Å². The Hall–Kier alpha value is -0.610. The third-order valence-electron chi connectivity index (χ3n) is 2.44. The van der Waals surface area contributed by atoms with Crippen molar-refractivity contribution in [1.29, 1.82) is 0 Å². The van der Waals surface area contributed by atoms with E-state index in [4.69, 9.17) is 9.47 Å². The summed E-state index contributed by atoms with van der Waals surface area (Å²) in [5.74, 6) is 0.103. The molecule has 4 heteroatoms. The van der Waals surface area contributed by atoms with Gasteiger partial charge in [-0.25, -0.2) is 0 Å². The van der Waals surface area contributed by atoms with Gasteiger partial charge in [-0.05, 0) is 12.3 Å². The van der Waals surface area contributed by atoms with E-state index in [1.807, 2.05) is 0 Å². The predicted octanol–water partition coefficient (Wildman–Crippen LogP) is 1.20. The zero-order chi connectivity index (χ0) is 11.7. The lowest BCUT2D eigenvalue weighted by Gasteiger charge is -2.22. The summed E-state index contributed by atoms with van der Waals surface area (Å²) in [6.07, 6.45) is 2.08. The molecule has 0 aliphatic carbocycles. The van der Waals surface area contributed by atoms with Gasteiger partial charge in [0.2, 0.25) is 0 Å². The van der Waals surface area contributed by atoms with E-state index in [2.05, 4.69) is 19.2 Å². The fraction of sp³-hybridized carbons (Fsp3) is 0.909. The van der Waals surface area contributed by atoms with Crippen molar-refractivity contribution in [3.63, 3.8) is 0 Å². The van der Waals surface area contributed by atoms with Crippen molar-refractivity contribution >= 4 is 5.97 Å². The van der Waals surface area contributed by atoms with Crippen LogP contribution < -0.4 is 5.32 Å². The molecule has 15 heavy (non-hydrogen) atoms. The second-order valence-electron chi connectivity index (χ2n) is 3.71. The predicted molar refractivity (Wildman–Crippen MR) is 59.8 cm³/mol. The van der Waals surface area contributed by atoms with Gasteiger partial charge in [-0.15, -0.1) is 0 Å². The van der Waals surface area contributed by atoms with Gasteiger partial charge >= 0.3 is 5.97 Å². The molecule has 90 valence electrons. The first kappa shape index (κ1) is 14.4. The fourth-order valence-corrected chi connectivity index (χ4v) is 1.58. The SMILES string of the molecule is CCCC(C)C(NCCOC)C(=O)OC. The first-order valence-corrected chi connectivity index (χ1v) is 5.47. The Morgan fingerprint density at radius 3 is 2.53 bits per heavy atom. The number of rotatable bonds is 8. The maximum atomic E-state index is 11.5. The fourth-order valence-electron chi connectivity index (χ4n) is 1.58. The van der Waals surface area contributed by atoms with Gasteiger partial charge < -0.3 is 14.8 Å². The van der Waals surface area contributed by atoms with Crippen LogP contribution in [0, 0.1) is 5.92 Å². The van der Waals surface area contributed by atoms with E-state index in [-0.39, 0.29) is 12.0 Å². The van der Waals surface area contributed by atoms with E-state index >= 15 is 0 Å². The lowest BCUT2D eigenvalue weighted by atomic mass is 9.97. The molecule has 0 aliphatic heterocycles. The molecule has 0 rings (SSSR count). The Balaban J connectivity index is 4.11. The summed E-state index contributed by atoms with van der Waals surface area (Å²) in [5.41, 5.74) is 0. The van der Waals surface area contributed by atoms with Crippen LogP contribution in [0.25, 0.3) is 0 Å². The first-order valence-electron chi connectivity index (χ1n) is 5.47. The van der Waals surface area contributed by atoms with Gasteiger partial charge in [0.25, 0.3) is 0 Å². The first-order chi connectivity index (χ1) is 7.17. The summed E-state index contributed by atoms with van der Waals surface area (Å²) in [7, 11) is 3.07. The minimum Gasteiger partial charge on any atom is -0.468 e. The van der Waals surface area contributed by atoms with Crippen LogP contribution in [0.15, 0.2) is 0 Å². The maximum Gasteiger partial charge on any atom is 0.323 e. The van der Waals surface area contributed by atoms with Gasteiger partial charge in [-0.2, -0.15) is 0 Å². The molecule has 2 unspecified atom stereocenters. The number of carbonyl (C=O) groups excluding carboxylic acids is 1. The zero-order valence-corrected chi connectivity index (χ0v) is 10.2. The van der Waals surface area contributed by atoms with Crippen molar-refractivity contribution < 1.29 is 14.3 Å². The second kappa shape index (κ2) is 8.68. The van der Waals surface area contributed by atoms with E-state index in [0.717, 1.165) is 12.8 Å². The van der Waals surface area contributed by atoms with Gasteiger partial charge in [-0.3, -0.25) is 4.79 Å². The Bertz CT molecular complexity index is 173. The van der Waals surface area contributed by atoms with E-state index < -0.39 is 0 Å². The monoisotopic (exact) mass is 217 g/mol. The molecule has 0 aromatic carbocycles. The van der Waals surface area contributed by atoms with Gasteiger partial charge in [-0.1, -0.05) is 20.3 Å². The van der Waals surface area contributed by atoms with Crippen molar-refractivity contribution in [3.8, 4) is 0 Å². The molecule has 0 bridgehead atoms. The standard InChI is InChI=1S/C11H23NO3/c1-5-6-9(2)10(11(13)15-4)12-7-8-14-3/h9-10,12H,5-8H2,1-4H3. The maximum absolute atomic E-state index is 11.5. The van der Waals surface area contributed by atoms with Crippen molar-refractivity contribution in [3.05, 3.63) is 0 Å². The van der Waals surface area contributed by atoms with Gasteiger partial charge in [0.1, 0.15) is 6.04 Å². The molecule has 0 aromatic heterocycles. The number of esters is 1. The highest BCUT2D eigenvalue weighted by molar-refractivity contribution is 5.75. The van der Waals surface area contributed by atoms with Crippen LogP contribution in [-0.2, 0) is 14.3 Å². The summed E-state index contributed by atoms with van der Waals surface area (Å²) >= 11 is 0. The summed E-state index contributed by atoms with van der Waals surface area (Å²) in [6.45, 7) is 5.45. The summed E-state index contributed by atoms with van der Waals surface area (Å²) in [6, 6.07) is -0.218. The molecule has 0 aliphatic rings. The average Bonchev–Trinajstić information content (AvgIpc) is 2.23. The van der Waals surface area contributed by atoms with Crippen LogP contribution in [0.4, 0.5) is 0 Å². The van der Waals surface area contributed by atoms with E-state index in [1.165, 1.54) is 7.11 Å². The highest BCUT2D eigenvalue weighted by Crippen LogP contribution is 2.11. The molecular weight excluding hydrogens is 194 g/mol. The molecule has 0 radical (unpaired) electrons. The Kier molecular flexibility index (Phi) is 8.33. The minimum absolute atomic E-state index is 0.188.